The van der Waals surface area contributed by atoms with Gasteiger partial charge in [0.25, 0.3) is 15.7 Å². The third-order valence-corrected chi connectivity index (χ3v) is 5.63. The maximum absolute atomic E-state index is 12.8. The van der Waals surface area contributed by atoms with Crippen molar-refractivity contribution in [3.63, 3.8) is 0 Å². The van der Waals surface area contributed by atoms with Gasteiger partial charge in [-0.2, -0.15) is 5.10 Å². The summed E-state index contributed by atoms with van der Waals surface area (Å²) in [5, 5.41) is 15.7. The predicted molar refractivity (Wildman–Crippen MR) is 117 cm³/mol. The summed E-state index contributed by atoms with van der Waals surface area (Å²) in [7, 11) is -2.69. The van der Waals surface area contributed by atoms with Gasteiger partial charge in [-0.1, -0.05) is 12.1 Å². The van der Waals surface area contributed by atoms with Crippen LogP contribution < -0.4 is 14.9 Å². The minimum absolute atomic E-state index is 0.0506. The Morgan fingerprint density at radius 3 is 2.48 bits per heavy atom. The summed E-state index contributed by atoms with van der Waals surface area (Å²) in [5.74, 6) is 0.319. The van der Waals surface area contributed by atoms with Gasteiger partial charge in [-0.05, 0) is 43.3 Å². The van der Waals surface area contributed by atoms with Crippen molar-refractivity contribution < 1.29 is 18.1 Å². The maximum atomic E-state index is 12.8. The van der Waals surface area contributed by atoms with Crippen molar-refractivity contribution in [2.75, 3.05) is 17.3 Å². The highest BCUT2D eigenvalue weighted by molar-refractivity contribution is 7.92. The second-order valence-electron chi connectivity index (χ2n) is 6.29. The lowest BCUT2D eigenvalue weighted by atomic mass is 10.2. The molecular formula is C20H19N5O5S. The van der Waals surface area contributed by atoms with E-state index in [9.17, 15) is 18.5 Å². The molecule has 0 aliphatic rings. The van der Waals surface area contributed by atoms with Crippen LogP contribution in [-0.4, -0.2) is 31.1 Å². The number of pyridine rings is 1. The monoisotopic (exact) mass is 441 g/mol. The Bertz CT molecular complexity index is 1230. The normalized spacial score (nSPS) is 11.6. The molecule has 31 heavy (non-hydrogen) atoms. The molecule has 0 unspecified atom stereocenters. The molecule has 3 aromatic rings. The van der Waals surface area contributed by atoms with Gasteiger partial charge >= 0.3 is 0 Å². The van der Waals surface area contributed by atoms with E-state index in [2.05, 4.69) is 20.2 Å². The Morgan fingerprint density at radius 2 is 1.81 bits per heavy atom. The summed E-state index contributed by atoms with van der Waals surface area (Å²) < 4.78 is 33.0. The molecule has 11 heteroatoms. The number of hydrazone groups is 1. The van der Waals surface area contributed by atoms with Crippen molar-refractivity contribution in [3.05, 3.63) is 82.7 Å². The van der Waals surface area contributed by atoms with Crippen LogP contribution in [0.3, 0.4) is 0 Å². The van der Waals surface area contributed by atoms with Crippen LogP contribution in [-0.2, 0) is 10.0 Å². The summed E-state index contributed by atoms with van der Waals surface area (Å²) in [5.41, 5.74) is 3.82. The van der Waals surface area contributed by atoms with Gasteiger partial charge in [0.1, 0.15) is 11.4 Å². The van der Waals surface area contributed by atoms with Crippen molar-refractivity contribution >= 4 is 32.8 Å². The molecule has 0 amide bonds. The van der Waals surface area contributed by atoms with E-state index in [1.54, 1.807) is 49.6 Å². The second kappa shape index (κ2) is 9.22. The largest absolute Gasteiger partial charge is 0.495 e. The molecule has 0 bridgehead atoms. The average Bonchev–Trinajstić information content (AvgIpc) is 2.78. The molecule has 2 aromatic carbocycles. The first kappa shape index (κ1) is 21.7. The van der Waals surface area contributed by atoms with E-state index in [-0.39, 0.29) is 16.3 Å². The molecular weight excluding hydrogens is 422 g/mol. The molecule has 160 valence electrons. The van der Waals surface area contributed by atoms with Gasteiger partial charge in [-0.25, -0.2) is 8.42 Å². The first-order valence-electron chi connectivity index (χ1n) is 8.97. The molecule has 0 saturated carbocycles. The number of benzene rings is 2. The van der Waals surface area contributed by atoms with Gasteiger partial charge < -0.3 is 4.74 Å². The molecule has 0 aliphatic heterocycles. The molecule has 10 nitrogen and oxygen atoms in total. The molecule has 0 radical (unpaired) electrons. The van der Waals surface area contributed by atoms with Crippen molar-refractivity contribution in [1.29, 1.82) is 0 Å². The zero-order chi connectivity index (χ0) is 22.4. The van der Waals surface area contributed by atoms with Crippen LogP contribution in [0.25, 0.3) is 0 Å². The van der Waals surface area contributed by atoms with Crippen molar-refractivity contribution in [2.45, 2.75) is 11.8 Å². The lowest BCUT2D eigenvalue weighted by molar-refractivity contribution is -0.384. The Balaban J connectivity index is 1.90. The third-order valence-electron chi connectivity index (χ3n) is 4.27. The zero-order valence-electron chi connectivity index (χ0n) is 16.6. The van der Waals surface area contributed by atoms with Crippen molar-refractivity contribution in [3.8, 4) is 5.75 Å². The van der Waals surface area contributed by atoms with Gasteiger partial charge in [0.2, 0.25) is 0 Å². The SMILES string of the molecule is COc1ccccc1NS(=O)(=O)c1ccc(N/N=C(\C)c2ccncc2)c([N+](=O)[O-])c1. The molecule has 1 heterocycles. The van der Waals surface area contributed by atoms with Crippen LogP contribution in [0.15, 0.2) is 77.0 Å². The van der Waals surface area contributed by atoms with Crippen LogP contribution >= 0.6 is 0 Å². The molecule has 3 rings (SSSR count). The summed E-state index contributed by atoms with van der Waals surface area (Å²) >= 11 is 0. The highest BCUT2D eigenvalue weighted by Crippen LogP contribution is 2.30. The number of methoxy groups -OCH3 is 1. The molecule has 0 atom stereocenters. The highest BCUT2D eigenvalue weighted by Gasteiger charge is 2.22. The minimum Gasteiger partial charge on any atom is -0.495 e. The van der Waals surface area contributed by atoms with Gasteiger partial charge in [0.05, 0.1) is 28.3 Å². The van der Waals surface area contributed by atoms with Crippen molar-refractivity contribution in [2.24, 2.45) is 5.10 Å². The number of sulfonamides is 1. The van der Waals surface area contributed by atoms with E-state index in [1.165, 1.54) is 25.3 Å². The fourth-order valence-electron chi connectivity index (χ4n) is 2.66. The van der Waals surface area contributed by atoms with Crippen LogP contribution in [0.2, 0.25) is 0 Å². The molecule has 0 saturated heterocycles. The summed E-state index contributed by atoms with van der Waals surface area (Å²) in [6.07, 6.45) is 3.20. The number of hydrogen-bond acceptors (Lipinski definition) is 8. The number of ether oxygens (including phenoxy) is 1. The van der Waals surface area contributed by atoms with Crippen LogP contribution in [0.5, 0.6) is 5.75 Å². The molecule has 0 spiro atoms. The smallest absolute Gasteiger partial charge is 0.295 e. The second-order valence-corrected chi connectivity index (χ2v) is 7.97. The lowest BCUT2D eigenvalue weighted by Gasteiger charge is -2.12. The number of nitro groups is 1. The van der Waals surface area contributed by atoms with Gasteiger partial charge in [-0.15, -0.1) is 0 Å². The number of aromatic nitrogens is 1. The fraction of sp³-hybridized carbons (Fsp3) is 0.100. The van der Waals surface area contributed by atoms with E-state index < -0.39 is 20.6 Å². The summed E-state index contributed by atoms with van der Waals surface area (Å²) in [6.45, 7) is 1.73. The highest BCUT2D eigenvalue weighted by atomic mass is 32.2. The van der Waals surface area contributed by atoms with Gasteiger partial charge in [-0.3, -0.25) is 25.2 Å². The maximum Gasteiger partial charge on any atom is 0.295 e. The first-order valence-corrected chi connectivity index (χ1v) is 10.4. The molecule has 2 N–H and O–H groups in total. The first-order chi connectivity index (χ1) is 14.8. The molecule has 0 aliphatic carbocycles. The lowest BCUT2D eigenvalue weighted by Crippen LogP contribution is -2.14. The molecule has 0 fully saturated rings. The fourth-order valence-corrected chi connectivity index (χ4v) is 3.75. The number of nitro benzene ring substituents is 1. The van der Waals surface area contributed by atoms with Crippen LogP contribution in [0.4, 0.5) is 17.1 Å². The predicted octanol–water partition coefficient (Wildman–Crippen LogP) is 3.64. The minimum atomic E-state index is -4.10. The number of rotatable bonds is 8. The Morgan fingerprint density at radius 1 is 1.10 bits per heavy atom. The Hall–Kier alpha value is -3.99. The molecule has 1 aromatic heterocycles. The zero-order valence-corrected chi connectivity index (χ0v) is 17.5. The third kappa shape index (κ3) is 5.14. The average molecular weight is 441 g/mol. The number of nitrogens with one attached hydrogen (secondary N) is 2. The quantitative estimate of drug-likeness (QED) is 0.309. The standard InChI is InChI=1S/C20H19N5O5S/c1-14(15-9-11-21-12-10-15)22-23-17-8-7-16(13-19(17)25(26)27)31(28,29)24-18-5-3-4-6-20(18)30-2/h3-13,23-24H,1-2H3/b22-14+. The van der Waals surface area contributed by atoms with E-state index >= 15 is 0 Å². The number of anilines is 2. The Labute approximate surface area is 178 Å². The van der Waals surface area contributed by atoms with E-state index in [0.29, 0.717) is 11.5 Å². The van der Waals surface area contributed by atoms with Gasteiger partial charge in [0, 0.05) is 24.0 Å². The van der Waals surface area contributed by atoms with Crippen LogP contribution in [0, 0.1) is 10.1 Å². The number of para-hydroxylation sites is 2. The topological polar surface area (TPSA) is 136 Å². The van der Waals surface area contributed by atoms with E-state index in [4.69, 9.17) is 4.74 Å². The van der Waals surface area contributed by atoms with E-state index in [0.717, 1.165) is 11.6 Å². The van der Waals surface area contributed by atoms with Crippen molar-refractivity contribution in [1.82, 2.24) is 4.98 Å². The summed E-state index contributed by atoms with van der Waals surface area (Å²) in [6, 6.07) is 13.4. The van der Waals surface area contributed by atoms with Crippen LogP contribution in [0.1, 0.15) is 12.5 Å². The van der Waals surface area contributed by atoms with E-state index in [1.807, 2.05) is 0 Å². The number of hydrogen-bond donors (Lipinski definition) is 2. The number of nitrogens with zero attached hydrogens (tertiary/aromatic N) is 3. The van der Waals surface area contributed by atoms with Gasteiger partial charge in [0.15, 0.2) is 0 Å². The summed E-state index contributed by atoms with van der Waals surface area (Å²) in [4.78, 5) is 14.5. The Kier molecular flexibility index (Phi) is 6.46.